The summed E-state index contributed by atoms with van der Waals surface area (Å²) < 4.78 is 5.28. The number of para-hydroxylation sites is 2. The number of nitrogens with zero attached hydrogens (tertiary/aromatic N) is 2. The molecule has 2 aromatic carbocycles. The van der Waals surface area contributed by atoms with Crippen molar-refractivity contribution in [3.63, 3.8) is 0 Å². The van der Waals surface area contributed by atoms with Crippen LogP contribution in [0.3, 0.4) is 0 Å². The fraction of sp³-hybridized carbons (Fsp3) is 0.316. The number of carbonyl (C=O) groups is 1. The van der Waals surface area contributed by atoms with Crippen molar-refractivity contribution in [2.75, 3.05) is 38.6 Å². The molecule has 1 aliphatic heterocycles. The molecule has 0 bridgehead atoms. The summed E-state index contributed by atoms with van der Waals surface area (Å²) in [5, 5.41) is 2.94. The number of methoxy groups -OCH3 is 1. The zero-order chi connectivity index (χ0) is 16.8. The minimum absolute atomic E-state index is 0.0705. The molecule has 0 saturated carbocycles. The van der Waals surface area contributed by atoms with Crippen LogP contribution in [0.15, 0.2) is 54.6 Å². The highest BCUT2D eigenvalue weighted by Crippen LogP contribution is 2.23. The molecule has 0 aromatic heterocycles. The number of piperazine rings is 1. The quantitative estimate of drug-likeness (QED) is 0.940. The van der Waals surface area contributed by atoms with Gasteiger partial charge in [0.1, 0.15) is 5.75 Å². The molecule has 2 amide bonds. The van der Waals surface area contributed by atoms with Gasteiger partial charge in [-0.25, -0.2) is 4.79 Å². The minimum Gasteiger partial charge on any atom is -0.495 e. The topological polar surface area (TPSA) is 44.8 Å². The summed E-state index contributed by atoms with van der Waals surface area (Å²) in [5.41, 5.74) is 2.01. The molecule has 5 nitrogen and oxygen atoms in total. The summed E-state index contributed by atoms with van der Waals surface area (Å²) in [5.74, 6) is 0.675. The Morgan fingerprint density at radius 1 is 1.00 bits per heavy atom. The maximum Gasteiger partial charge on any atom is 0.322 e. The highest BCUT2D eigenvalue weighted by molar-refractivity contribution is 5.91. The van der Waals surface area contributed by atoms with Gasteiger partial charge in [0.05, 0.1) is 12.8 Å². The van der Waals surface area contributed by atoms with E-state index < -0.39 is 0 Å². The van der Waals surface area contributed by atoms with E-state index in [4.69, 9.17) is 4.74 Å². The average Bonchev–Trinajstić information content (AvgIpc) is 2.63. The van der Waals surface area contributed by atoms with Crippen molar-refractivity contribution < 1.29 is 9.53 Å². The summed E-state index contributed by atoms with van der Waals surface area (Å²) in [7, 11) is 1.60. The summed E-state index contributed by atoms with van der Waals surface area (Å²) in [6.45, 7) is 4.16. The fourth-order valence-electron chi connectivity index (χ4n) is 2.89. The molecule has 24 heavy (non-hydrogen) atoms. The Balaban J connectivity index is 1.52. The van der Waals surface area contributed by atoms with Gasteiger partial charge in [-0.2, -0.15) is 0 Å². The van der Waals surface area contributed by atoms with Crippen LogP contribution in [0.2, 0.25) is 0 Å². The van der Waals surface area contributed by atoms with Crippen LogP contribution in [0.5, 0.6) is 5.75 Å². The number of urea groups is 1. The second-order valence-corrected chi connectivity index (χ2v) is 5.88. The molecule has 1 N–H and O–H groups in total. The molecule has 0 spiro atoms. The van der Waals surface area contributed by atoms with Gasteiger partial charge in [0.25, 0.3) is 0 Å². The van der Waals surface area contributed by atoms with Crippen molar-refractivity contribution in [2.24, 2.45) is 0 Å². The zero-order valence-corrected chi connectivity index (χ0v) is 13.9. The molecular weight excluding hydrogens is 302 g/mol. The summed E-state index contributed by atoms with van der Waals surface area (Å²) in [6.07, 6.45) is 0. The van der Waals surface area contributed by atoms with E-state index in [0.29, 0.717) is 11.4 Å². The van der Waals surface area contributed by atoms with E-state index in [0.717, 1.165) is 32.7 Å². The van der Waals surface area contributed by atoms with Crippen LogP contribution in [0, 0.1) is 0 Å². The molecule has 0 aliphatic carbocycles. The van der Waals surface area contributed by atoms with Gasteiger partial charge in [-0.1, -0.05) is 42.5 Å². The average molecular weight is 325 g/mol. The third kappa shape index (κ3) is 4.06. The van der Waals surface area contributed by atoms with E-state index in [1.54, 1.807) is 7.11 Å². The standard InChI is InChI=1S/C19H23N3O2/c1-24-18-10-6-5-9-17(18)20-19(23)22-13-11-21(12-14-22)15-16-7-3-2-4-8-16/h2-10H,11-15H2,1H3,(H,20,23). The van der Waals surface area contributed by atoms with E-state index in [9.17, 15) is 4.79 Å². The SMILES string of the molecule is COc1ccccc1NC(=O)N1CCN(Cc2ccccc2)CC1. The molecule has 1 saturated heterocycles. The monoisotopic (exact) mass is 325 g/mol. The Morgan fingerprint density at radius 3 is 2.38 bits per heavy atom. The van der Waals surface area contributed by atoms with E-state index in [1.165, 1.54) is 5.56 Å². The maximum absolute atomic E-state index is 12.4. The fourth-order valence-corrected chi connectivity index (χ4v) is 2.89. The lowest BCUT2D eigenvalue weighted by molar-refractivity contribution is 0.143. The lowest BCUT2D eigenvalue weighted by Gasteiger charge is -2.34. The predicted molar refractivity (Wildman–Crippen MR) is 95.3 cm³/mol. The van der Waals surface area contributed by atoms with Gasteiger partial charge in [-0.05, 0) is 17.7 Å². The van der Waals surface area contributed by atoms with Crippen molar-refractivity contribution in [3.05, 3.63) is 60.2 Å². The number of hydrogen-bond acceptors (Lipinski definition) is 3. The van der Waals surface area contributed by atoms with Gasteiger partial charge < -0.3 is 15.0 Å². The van der Waals surface area contributed by atoms with Crippen LogP contribution in [-0.4, -0.2) is 49.1 Å². The molecule has 0 radical (unpaired) electrons. The van der Waals surface area contributed by atoms with Crippen molar-refractivity contribution in [1.82, 2.24) is 9.80 Å². The van der Waals surface area contributed by atoms with Crippen LogP contribution >= 0.6 is 0 Å². The lowest BCUT2D eigenvalue weighted by Crippen LogP contribution is -2.49. The second kappa shape index (κ2) is 7.84. The maximum atomic E-state index is 12.4. The minimum atomic E-state index is -0.0705. The van der Waals surface area contributed by atoms with Gasteiger partial charge in [0, 0.05) is 32.7 Å². The van der Waals surface area contributed by atoms with E-state index in [1.807, 2.05) is 35.2 Å². The number of ether oxygens (including phenoxy) is 1. The Hall–Kier alpha value is -2.53. The molecule has 1 aliphatic rings. The molecule has 126 valence electrons. The van der Waals surface area contributed by atoms with Crippen LogP contribution in [-0.2, 0) is 6.54 Å². The molecule has 0 unspecified atom stereocenters. The number of nitrogens with one attached hydrogen (secondary N) is 1. The van der Waals surface area contributed by atoms with Gasteiger partial charge in [0.2, 0.25) is 0 Å². The van der Waals surface area contributed by atoms with Gasteiger partial charge in [0.15, 0.2) is 0 Å². The predicted octanol–water partition coefficient (Wildman–Crippen LogP) is 3.04. The van der Waals surface area contributed by atoms with Crippen LogP contribution < -0.4 is 10.1 Å². The van der Waals surface area contributed by atoms with Crippen molar-refractivity contribution in [1.29, 1.82) is 0 Å². The number of carbonyl (C=O) groups excluding carboxylic acids is 1. The lowest BCUT2D eigenvalue weighted by atomic mass is 10.2. The van der Waals surface area contributed by atoms with Crippen LogP contribution in [0.4, 0.5) is 10.5 Å². The van der Waals surface area contributed by atoms with Crippen molar-refractivity contribution in [3.8, 4) is 5.75 Å². The Bertz CT molecular complexity index is 667. The largest absolute Gasteiger partial charge is 0.495 e. The Morgan fingerprint density at radius 2 is 1.67 bits per heavy atom. The van der Waals surface area contributed by atoms with Gasteiger partial charge in [-0.3, -0.25) is 4.90 Å². The molecular formula is C19H23N3O2. The number of amides is 2. The summed E-state index contributed by atoms with van der Waals surface area (Å²) in [6, 6.07) is 17.8. The first kappa shape index (κ1) is 16.3. The van der Waals surface area contributed by atoms with Gasteiger partial charge >= 0.3 is 6.03 Å². The number of anilines is 1. The first-order chi connectivity index (χ1) is 11.8. The zero-order valence-electron chi connectivity index (χ0n) is 13.9. The summed E-state index contributed by atoms with van der Waals surface area (Å²) in [4.78, 5) is 16.7. The molecule has 3 rings (SSSR count). The molecule has 5 heteroatoms. The van der Waals surface area contributed by atoms with E-state index in [2.05, 4.69) is 34.5 Å². The number of hydrogen-bond donors (Lipinski definition) is 1. The van der Waals surface area contributed by atoms with Crippen LogP contribution in [0.1, 0.15) is 5.56 Å². The van der Waals surface area contributed by atoms with Crippen LogP contribution in [0.25, 0.3) is 0 Å². The van der Waals surface area contributed by atoms with E-state index in [-0.39, 0.29) is 6.03 Å². The second-order valence-electron chi connectivity index (χ2n) is 5.88. The highest BCUT2D eigenvalue weighted by atomic mass is 16.5. The first-order valence-corrected chi connectivity index (χ1v) is 8.21. The van der Waals surface area contributed by atoms with E-state index >= 15 is 0 Å². The number of benzene rings is 2. The number of rotatable bonds is 4. The molecule has 1 heterocycles. The molecule has 1 fully saturated rings. The van der Waals surface area contributed by atoms with Crippen molar-refractivity contribution >= 4 is 11.7 Å². The van der Waals surface area contributed by atoms with Crippen molar-refractivity contribution in [2.45, 2.75) is 6.54 Å². The molecule has 0 atom stereocenters. The highest BCUT2D eigenvalue weighted by Gasteiger charge is 2.21. The first-order valence-electron chi connectivity index (χ1n) is 8.21. The third-order valence-electron chi connectivity index (χ3n) is 4.26. The van der Waals surface area contributed by atoms with Gasteiger partial charge in [-0.15, -0.1) is 0 Å². The smallest absolute Gasteiger partial charge is 0.322 e. The summed E-state index contributed by atoms with van der Waals surface area (Å²) >= 11 is 0. The Kier molecular flexibility index (Phi) is 5.33. The molecule has 2 aromatic rings. The normalized spacial score (nSPS) is 15.1. The Labute approximate surface area is 142 Å². The third-order valence-corrected chi connectivity index (χ3v) is 4.26.